The largest absolute Gasteiger partial charge is 0.311 e. The summed E-state index contributed by atoms with van der Waals surface area (Å²) in [6.07, 6.45) is 2.71. The molecule has 2 N–H and O–H groups in total. The molecule has 0 aliphatic carbocycles. The maximum absolute atomic E-state index is 12.5. The zero-order valence-corrected chi connectivity index (χ0v) is 12.5. The van der Waals surface area contributed by atoms with Crippen LogP contribution in [0.2, 0.25) is 0 Å². The van der Waals surface area contributed by atoms with Crippen molar-refractivity contribution in [2.45, 2.75) is 29.4 Å². The van der Waals surface area contributed by atoms with Crippen LogP contribution in [0.15, 0.2) is 23.1 Å². The number of fused-ring (bicyclic) bond motifs is 1. The fraction of sp³-hybridized carbons (Fsp3) is 0.462. The Morgan fingerprint density at radius 3 is 2.85 bits per heavy atom. The van der Waals surface area contributed by atoms with Gasteiger partial charge in [0.05, 0.1) is 10.1 Å². The molecule has 0 radical (unpaired) electrons. The monoisotopic (exact) mass is 312 g/mol. The highest BCUT2D eigenvalue weighted by molar-refractivity contribution is 8.00. The summed E-state index contributed by atoms with van der Waals surface area (Å²) in [7, 11) is -3.69. The highest BCUT2D eigenvalue weighted by atomic mass is 32.2. The molecule has 1 aromatic rings. The quantitative estimate of drug-likeness (QED) is 0.887. The molecule has 1 fully saturated rings. The zero-order chi connectivity index (χ0) is 14.3. The van der Waals surface area contributed by atoms with Crippen molar-refractivity contribution in [2.24, 2.45) is 5.14 Å². The Morgan fingerprint density at radius 2 is 2.20 bits per heavy atom. The van der Waals surface area contributed by atoms with Crippen LogP contribution in [0, 0.1) is 0 Å². The molecule has 1 aromatic carbocycles. The Bertz CT molecular complexity index is 652. The fourth-order valence-electron chi connectivity index (χ4n) is 2.73. The summed E-state index contributed by atoms with van der Waals surface area (Å²) in [4.78, 5) is 14.3. The molecular weight excluding hydrogens is 296 g/mol. The lowest BCUT2D eigenvalue weighted by atomic mass is 10.1. The lowest BCUT2D eigenvalue weighted by molar-refractivity contribution is -0.118. The summed E-state index contributed by atoms with van der Waals surface area (Å²) >= 11 is 1.71. The first kappa shape index (κ1) is 13.9. The Balaban J connectivity index is 1.89. The number of anilines is 1. The van der Waals surface area contributed by atoms with E-state index in [0.29, 0.717) is 13.0 Å². The Hall–Kier alpha value is -1.05. The van der Waals surface area contributed by atoms with Crippen molar-refractivity contribution in [1.82, 2.24) is 0 Å². The van der Waals surface area contributed by atoms with Crippen LogP contribution < -0.4 is 10.0 Å². The van der Waals surface area contributed by atoms with Crippen molar-refractivity contribution >= 4 is 33.4 Å². The summed E-state index contributed by atoms with van der Waals surface area (Å²) in [5.74, 6) is 1.19. The van der Waals surface area contributed by atoms with Gasteiger partial charge in [-0.1, -0.05) is 0 Å². The third kappa shape index (κ3) is 2.45. The number of amides is 1. The first-order valence-corrected chi connectivity index (χ1v) is 9.15. The van der Waals surface area contributed by atoms with Gasteiger partial charge in [-0.2, -0.15) is 0 Å². The second-order valence-electron chi connectivity index (χ2n) is 5.08. The number of benzene rings is 1. The molecule has 1 saturated heterocycles. The van der Waals surface area contributed by atoms with Crippen LogP contribution in [0.3, 0.4) is 0 Å². The summed E-state index contributed by atoms with van der Waals surface area (Å²) in [6, 6.07) is 4.75. The fourth-order valence-corrected chi connectivity index (χ4v) is 4.52. The molecule has 0 bridgehead atoms. The molecule has 2 heterocycles. The van der Waals surface area contributed by atoms with Crippen molar-refractivity contribution in [3.8, 4) is 0 Å². The van der Waals surface area contributed by atoms with Crippen LogP contribution >= 0.6 is 11.8 Å². The third-order valence-corrected chi connectivity index (χ3v) is 6.02. The van der Waals surface area contributed by atoms with Crippen molar-refractivity contribution in [3.05, 3.63) is 23.8 Å². The first-order chi connectivity index (χ1) is 9.47. The van der Waals surface area contributed by atoms with Crippen LogP contribution in [0.5, 0.6) is 0 Å². The van der Waals surface area contributed by atoms with Gasteiger partial charge >= 0.3 is 0 Å². The van der Waals surface area contributed by atoms with Crippen LogP contribution in [0.25, 0.3) is 0 Å². The third-order valence-electron chi connectivity index (χ3n) is 3.75. The minimum absolute atomic E-state index is 0.0545. The topological polar surface area (TPSA) is 80.5 Å². The van der Waals surface area contributed by atoms with E-state index in [1.807, 2.05) is 0 Å². The normalized spacial score (nSPS) is 22.1. The Labute approximate surface area is 122 Å². The smallest absolute Gasteiger partial charge is 0.240 e. The van der Waals surface area contributed by atoms with Gasteiger partial charge in [-0.05, 0) is 48.8 Å². The van der Waals surface area contributed by atoms with E-state index in [9.17, 15) is 13.2 Å². The maximum atomic E-state index is 12.5. The van der Waals surface area contributed by atoms with E-state index in [4.69, 9.17) is 5.14 Å². The number of nitrogens with zero attached hydrogens (tertiary/aromatic N) is 1. The second kappa shape index (κ2) is 5.05. The lowest BCUT2D eigenvalue weighted by Crippen LogP contribution is -2.35. The molecule has 1 unspecified atom stereocenters. The molecular formula is C13H16N2O3S2. The molecule has 0 saturated carbocycles. The molecule has 1 amide bonds. The lowest BCUT2D eigenvalue weighted by Gasteiger charge is -2.20. The number of sulfonamides is 1. The molecule has 1 atom stereocenters. The van der Waals surface area contributed by atoms with Gasteiger partial charge in [-0.15, -0.1) is 11.8 Å². The molecule has 2 aliphatic heterocycles. The highest BCUT2D eigenvalue weighted by Crippen LogP contribution is 2.34. The molecule has 0 spiro atoms. The molecule has 108 valence electrons. The first-order valence-electron chi connectivity index (χ1n) is 6.55. The standard InChI is InChI=1S/C13H16N2O3S2/c14-20(17,18)10-3-4-11-9(8-10)5-6-15(11)13(16)12-2-1-7-19-12/h3-4,8,12H,1-2,5-7H2,(H2,14,17,18). The minimum Gasteiger partial charge on any atom is -0.311 e. The molecule has 2 aliphatic rings. The highest BCUT2D eigenvalue weighted by Gasteiger charge is 2.32. The van der Waals surface area contributed by atoms with Gasteiger partial charge in [-0.25, -0.2) is 13.6 Å². The van der Waals surface area contributed by atoms with Crippen LogP contribution in [-0.4, -0.2) is 31.9 Å². The Morgan fingerprint density at radius 1 is 1.40 bits per heavy atom. The Kier molecular flexibility index (Phi) is 3.51. The number of carbonyl (C=O) groups excluding carboxylic acids is 1. The second-order valence-corrected chi connectivity index (χ2v) is 7.95. The molecule has 5 nitrogen and oxygen atoms in total. The van der Waals surface area contributed by atoms with E-state index in [1.54, 1.807) is 28.8 Å². The van der Waals surface area contributed by atoms with E-state index in [1.165, 1.54) is 6.07 Å². The predicted molar refractivity (Wildman–Crippen MR) is 79.4 cm³/mol. The SMILES string of the molecule is NS(=O)(=O)c1ccc2c(c1)CCN2C(=O)C1CCCS1. The van der Waals surface area contributed by atoms with E-state index in [2.05, 4.69) is 0 Å². The van der Waals surface area contributed by atoms with Crippen molar-refractivity contribution in [3.63, 3.8) is 0 Å². The number of nitrogens with two attached hydrogens (primary N) is 1. The molecule has 7 heteroatoms. The van der Waals surface area contributed by atoms with Crippen molar-refractivity contribution < 1.29 is 13.2 Å². The number of hydrogen-bond acceptors (Lipinski definition) is 4. The van der Waals surface area contributed by atoms with E-state index >= 15 is 0 Å². The zero-order valence-electron chi connectivity index (χ0n) is 10.9. The summed E-state index contributed by atoms with van der Waals surface area (Å²) < 4.78 is 22.7. The number of rotatable bonds is 2. The average Bonchev–Trinajstić information content (AvgIpc) is 3.06. The van der Waals surface area contributed by atoms with Gasteiger partial charge in [0.15, 0.2) is 0 Å². The van der Waals surface area contributed by atoms with Gasteiger partial charge in [0.25, 0.3) is 0 Å². The van der Waals surface area contributed by atoms with Crippen molar-refractivity contribution in [1.29, 1.82) is 0 Å². The van der Waals surface area contributed by atoms with Gasteiger partial charge in [-0.3, -0.25) is 4.79 Å². The number of carbonyl (C=O) groups is 1. The van der Waals surface area contributed by atoms with E-state index in [-0.39, 0.29) is 16.1 Å². The average molecular weight is 312 g/mol. The van der Waals surface area contributed by atoms with Gasteiger partial charge < -0.3 is 4.90 Å². The molecule has 3 rings (SSSR count). The maximum Gasteiger partial charge on any atom is 0.240 e. The summed E-state index contributed by atoms with van der Waals surface area (Å²) in [5, 5.41) is 5.19. The molecule has 0 aromatic heterocycles. The number of thioether (sulfide) groups is 1. The van der Waals surface area contributed by atoms with Crippen LogP contribution in [0.4, 0.5) is 5.69 Å². The van der Waals surface area contributed by atoms with Gasteiger partial charge in [0, 0.05) is 12.2 Å². The van der Waals surface area contributed by atoms with Crippen LogP contribution in [-0.2, 0) is 21.2 Å². The molecule has 20 heavy (non-hydrogen) atoms. The number of hydrogen-bond donors (Lipinski definition) is 1. The summed E-state index contributed by atoms with van der Waals surface area (Å²) in [6.45, 7) is 0.624. The van der Waals surface area contributed by atoms with Gasteiger partial charge in [0.2, 0.25) is 15.9 Å². The minimum atomic E-state index is -3.69. The van der Waals surface area contributed by atoms with Gasteiger partial charge in [0.1, 0.15) is 0 Å². The van der Waals surface area contributed by atoms with Crippen molar-refractivity contribution in [2.75, 3.05) is 17.2 Å². The number of primary sulfonamides is 1. The van der Waals surface area contributed by atoms with E-state index < -0.39 is 10.0 Å². The predicted octanol–water partition coefficient (Wildman–Crippen LogP) is 1.12. The van der Waals surface area contributed by atoms with Crippen LogP contribution in [0.1, 0.15) is 18.4 Å². The van der Waals surface area contributed by atoms with E-state index in [0.717, 1.165) is 29.8 Å². The summed E-state index contributed by atoms with van der Waals surface area (Å²) in [5.41, 5.74) is 1.71.